The molecule has 0 saturated carbocycles. The maximum Gasteiger partial charge on any atom is 0.140 e. The van der Waals surface area contributed by atoms with Crippen molar-refractivity contribution in [2.24, 2.45) is 0 Å². The van der Waals surface area contributed by atoms with Crippen LogP contribution in [0.15, 0.2) is 30.7 Å². The van der Waals surface area contributed by atoms with Gasteiger partial charge in [-0.3, -0.25) is 9.78 Å². The Morgan fingerprint density at radius 2 is 2.22 bits per heavy atom. The van der Waals surface area contributed by atoms with E-state index in [1.807, 2.05) is 25.1 Å². The fourth-order valence-electron chi connectivity index (χ4n) is 1.77. The zero-order valence-corrected chi connectivity index (χ0v) is 10.4. The van der Waals surface area contributed by atoms with Gasteiger partial charge in [0.1, 0.15) is 17.9 Å². The van der Waals surface area contributed by atoms with Gasteiger partial charge >= 0.3 is 0 Å². The molecule has 0 spiro atoms. The highest BCUT2D eigenvalue weighted by Crippen LogP contribution is 2.03. The van der Waals surface area contributed by atoms with E-state index in [2.05, 4.69) is 15.1 Å². The fourth-order valence-corrected chi connectivity index (χ4v) is 1.77. The second-order valence-electron chi connectivity index (χ2n) is 4.03. The van der Waals surface area contributed by atoms with Crippen LogP contribution in [-0.4, -0.2) is 25.5 Å². The monoisotopic (exact) mass is 244 g/mol. The number of Topliss-reactive ketones (excluding diaryl/α,β-unsaturated/α-hetero) is 1. The Hall–Kier alpha value is -2.04. The second kappa shape index (κ2) is 6.05. The zero-order valence-electron chi connectivity index (χ0n) is 10.4. The van der Waals surface area contributed by atoms with E-state index in [1.54, 1.807) is 10.9 Å². The van der Waals surface area contributed by atoms with Crippen LogP contribution in [0.4, 0.5) is 0 Å². The number of carbonyl (C=O) groups excluding carboxylic acids is 1. The summed E-state index contributed by atoms with van der Waals surface area (Å²) in [7, 11) is 0. The number of carbonyl (C=O) groups is 1. The van der Waals surface area contributed by atoms with Crippen molar-refractivity contribution in [2.45, 2.75) is 32.7 Å². The molecule has 0 aliphatic heterocycles. The smallest absolute Gasteiger partial charge is 0.140 e. The molecule has 0 amide bonds. The molecular formula is C13H16N4O. The number of hydrogen-bond acceptors (Lipinski definition) is 4. The van der Waals surface area contributed by atoms with Gasteiger partial charge in [0.05, 0.1) is 6.42 Å². The van der Waals surface area contributed by atoms with E-state index in [1.165, 1.54) is 6.33 Å². The Kier molecular flexibility index (Phi) is 4.17. The van der Waals surface area contributed by atoms with Crippen LogP contribution in [-0.2, 0) is 24.2 Å². The van der Waals surface area contributed by atoms with Gasteiger partial charge < -0.3 is 0 Å². The SMILES string of the molecule is CCn1ncnc1CC(=O)CCc1ccccn1. The second-order valence-corrected chi connectivity index (χ2v) is 4.03. The molecule has 18 heavy (non-hydrogen) atoms. The number of nitrogens with zero attached hydrogens (tertiary/aromatic N) is 4. The molecule has 2 aromatic heterocycles. The van der Waals surface area contributed by atoms with E-state index in [4.69, 9.17) is 0 Å². The van der Waals surface area contributed by atoms with Crippen molar-refractivity contribution in [1.29, 1.82) is 0 Å². The van der Waals surface area contributed by atoms with Gasteiger partial charge in [-0.1, -0.05) is 6.07 Å². The van der Waals surface area contributed by atoms with Crippen molar-refractivity contribution in [1.82, 2.24) is 19.7 Å². The van der Waals surface area contributed by atoms with Crippen LogP contribution < -0.4 is 0 Å². The van der Waals surface area contributed by atoms with Crippen molar-refractivity contribution >= 4 is 5.78 Å². The number of aromatic nitrogens is 4. The summed E-state index contributed by atoms with van der Waals surface area (Å²) in [5.41, 5.74) is 0.947. The molecule has 0 unspecified atom stereocenters. The van der Waals surface area contributed by atoms with E-state index in [0.717, 1.165) is 18.1 Å². The van der Waals surface area contributed by atoms with Crippen molar-refractivity contribution in [3.8, 4) is 0 Å². The van der Waals surface area contributed by atoms with Crippen molar-refractivity contribution in [3.05, 3.63) is 42.2 Å². The quantitative estimate of drug-likeness (QED) is 0.771. The van der Waals surface area contributed by atoms with Gasteiger partial charge in [-0.25, -0.2) is 9.67 Å². The summed E-state index contributed by atoms with van der Waals surface area (Å²) in [5, 5.41) is 4.05. The third-order valence-electron chi connectivity index (χ3n) is 2.74. The lowest BCUT2D eigenvalue weighted by Crippen LogP contribution is -2.11. The highest BCUT2D eigenvalue weighted by Gasteiger charge is 2.09. The molecule has 0 aliphatic rings. The molecule has 5 nitrogen and oxygen atoms in total. The Balaban J connectivity index is 1.86. The third-order valence-corrected chi connectivity index (χ3v) is 2.74. The molecule has 0 aromatic carbocycles. The molecule has 2 aromatic rings. The fraction of sp³-hybridized carbons (Fsp3) is 0.385. The summed E-state index contributed by atoms with van der Waals surface area (Å²) in [4.78, 5) is 20.1. The first-order valence-electron chi connectivity index (χ1n) is 6.08. The number of pyridine rings is 1. The summed E-state index contributed by atoms with van der Waals surface area (Å²) < 4.78 is 1.75. The Morgan fingerprint density at radius 1 is 1.33 bits per heavy atom. The van der Waals surface area contributed by atoms with Crippen molar-refractivity contribution < 1.29 is 4.79 Å². The topological polar surface area (TPSA) is 60.7 Å². The van der Waals surface area contributed by atoms with E-state index >= 15 is 0 Å². The standard InChI is InChI=1S/C13H16N4O/c1-2-17-13(15-10-16-17)9-12(18)7-6-11-5-3-4-8-14-11/h3-5,8,10H,2,6-7,9H2,1H3. The molecule has 5 heteroatoms. The lowest BCUT2D eigenvalue weighted by molar-refractivity contribution is -0.118. The van der Waals surface area contributed by atoms with Crippen molar-refractivity contribution in [2.75, 3.05) is 0 Å². The van der Waals surface area contributed by atoms with Gasteiger partial charge in [0.15, 0.2) is 0 Å². The normalized spacial score (nSPS) is 10.5. The molecular weight excluding hydrogens is 228 g/mol. The van der Waals surface area contributed by atoms with Crippen LogP contribution in [0.25, 0.3) is 0 Å². The molecule has 2 heterocycles. The van der Waals surface area contributed by atoms with Gasteiger partial charge in [-0.15, -0.1) is 0 Å². The Morgan fingerprint density at radius 3 is 2.94 bits per heavy atom. The largest absolute Gasteiger partial charge is 0.299 e. The predicted octanol–water partition coefficient (Wildman–Crippen LogP) is 1.44. The van der Waals surface area contributed by atoms with Crippen LogP contribution >= 0.6 is 0 Å². The first-order valence-corrected chi connectivity index (χ1v) is 6.08. The van der Waals surface area contributed by atoms with Gasteiger partial charge in [0.2, 0.25) is 0 Å². The molecule has 0 atom stereocenters. The van der Waals surface area contributed by atoms with Gasteiger partial charge in [-0.2, -0.15) is 5.10 Å². The number of ketones is 1. The van der Waals surface area contributed by atoms with E-state index < -0.39 is 0 Å². The van der Waals surface area contributed by atoms with E-state index in [9.17, 15) is 4.79 Å². The van der Waals surface area contributed by atoms with Crippen molar-refractivity contribution in [3.63, 3.8) is 0 Å². The lowest BCUT2D eigenvalue weighted by Gasteiger charge is -2.02. The minimum atomic E-state index is 0.170. The molecule has 0 fully saturated rings. The van der Waals surface area contributed by atoms with Crippen LogP contribution in [0.2, 0.25) is 0 Å². The Bertz CT molecular complexity index is 507. The highest BCUT2D eigenvalue weighted by molar-refractivity contribution is 5.80. The molecule has 0 saturated heterocycles. The lowest BCUT2D eigenvalue weighted by atomic mass is 10.1. The van der Waals surface area contributed by atoms with Gasteiger partial charge in [-0.05, 0) is 25.5 Å². The van der Waals surface area contributed by atoms with Crippen LogP contribution in [0.3, 0.4) is 0 Å². The summed E-state index contributed by atoms with van der Waals surface area (Å²) in [5.74, 6) is 0.909. The summed E-state index contributed by atoms with van der Waals surface area (Å²) >= 11 is 0. The maximum absolute atomic E-state index is 11.8. The minimum absolute atomic E-state index is 0.170. The van der Waals surface area contributed by atoms with E-state index in [-0.39, 0.29) is 5.78 Å². The summed E-state index contributed by atoms with van der Waals surface area (Å²) in [6, 6.07) is 5.73. The molecule has 0 aliphatic carbocycles. The van der Waals surface area contributed by atoms with E-state index in [0.29, 0.717) is 19.3 Å². The van der Waals surface area contributed by atoms with Gasteiger partial charge in [0.25, 0.3) is 0 Å². The highest BCUT2D eigenvalue weighted by atomic mass is 16.1. The summed E-state index contributed by atoms with van der Waals surface area (Å²) in [6.07, 6.45) is 4.76. The van der Waals surface area contributed by atoms with Crippen LogP contribution in [0.1, 0.15) is 24.9 Å². The maximum atomic E-state index is 11.8. The molecule has 0 bridgehead atoms. The first-order chi connectivity index (χ1) is 8.79. The number of aryl methyl sites for hydroxylation is 2. The molecule has 0 N–H and O–H groups in total. The minimum Gasteiger partial charge on any atom is -0.299 e. The third kappa shape index (κ3) is 3.23. The molecule has 0 radical (unpaired) electrons. The average molecular weight is 244 g/mol. The number of hydrogen-bond donors (Lipinski definition) is 0. The predicted molar refractivity (Wildman–Crippen MR) is 67.0 cm³/mol. The zero-order chi connectivity index (χ0) is 12.8. The van der Waals surface area contributed by atoms with Crippen LogP contribution in [0.5, 0.6) is 0 Å². The first kappa shape index (κ1) is 12.4. The number of rotatable bonds is 6. The summed E-state index contributed by atoms with van der Waals surface area (Å²) in [6.45, 7) is 2.72. The van der Waals surface area contributed by atoms with Crippen LogP contribution in [0, 0.1) is 0 Å². The molecule has 94 valence electrons. The Labute approximate surface area is 106 Å². The molecule has 2 rings (SSSR count). The van der Waals surface area contributed by atoms with Gasteiger partial charge in [0, 0.05) is 24.9 Å². The average Bonchev–Trinajstić information content (AvgIpc) is 2.85.